The van der Waals surface area contributed by atoms with E-state index < -0.39 is 11.5 Å². The van der Waals surface area contributed by atoms with Crippen LogP contribution in [0.25, 0.3) is 22.2 Å². The Morgan fingerprint density at radius 3 is 2.62 bits per heavy atom. The van der Waals surface area contributed by atoms with Gasteiger partial charge in [0.15, 0.2) is 5.75 Å². The average molecular weight is 512 g/mol. The van der Waals surface area contributed by atoms with Crippen LogP contribution < -0.4 is 15.0 Å². The van der Waals surface area contributed by atoms with Gasteiger partial charge in [-0.05, 0) is 26.2 Å². The van der Waals surface area contributed by atoms with E-state index in [4.69, 9.17) is 4.74 Å². The highest BCUT2D eigenvalue weighted by Crippen LogP contribution is 2.40. The van der Waals surface area contributed by atoms with Gasteiger partial charge in [-0.25, -0.2) is 9.97 Å². The van der Waals surface area contributed by atoms with Gasteiger partial charge in [0.25, 0.3) is 5.69 Å². The van der Waals surface area contributed by atoms with Crippen molar-refractivity contribution in [2.24, 2.45) is 7.05 Å². The number of para-hydroxylation sites is 1. The molecule has 4 aromatic rings. The molecule has 0 fully saturated rings. The van der Waals surface area contributed by atoms with E-state index in [-0.39, 0.29) is 28.8 Å². The van der Waals surface area contributed by atoms with Crippen molar-refractivity contribution in [3.8, 4) is 17.0 Å². The van der Waals surface area contributed by atoms with E-state index in [1.807, 2.05) is 61.1 Å². The standard InChI is InChI=1S/C25H27F2N7O3/c1-31(2)11-12-32(3)21-14-23(37-24(26)27)19(13-22(21)34(35)36)30-25-28-10-9-18(29-25)17-15-33(4)20-8-6-5-7-16(17)20/h5-10,13-15,24H,11-12H2,1-4H3,(H,28,29,30). The van der Waals surface area contributed by atoms with Crippen molar-refractivity contribution in [2.45, 2.75) is 6.61 Å². The van der Waals surface area contributed by atoms with Crippen LogP contribution in [0.3, 0.4) is 0 Å². The number of anilines is 3. The van der Waals surface area contributed by atoms with Gasteiger partial charge in [-0.1, -0.05) is 18.2 Å². The predicted octanol–water partition coefficient (Wildman–Crippen LogP) is 4.89. The number of aromatic nitrogens is 3. The van der Waals surface area contributed by atoms with Crippen LogP contribution in [0.2, 0.25) is 0 Å². The molecule has 37 heavy (non-hydrogen) atoms. The molecule has 0 bridgehead atoms. The highest BCUT2D eigenvalue weighted by molar-refractivity contribution is 5.95. The maximum absolute atomic E-state index is 13.3. The predicted molar refractivity (Wildman–Crippen MR) is 139 cm³/mol. The molecule has 0 atom stereocenters. The minimum Gasteiger partial charge on any atom is -0.433 e. The van der Waals surface area contributed by atoms with E-state index in [9.17, 15) is 18.9 Å². The monoisotopic (exact) mass is 511 g/mol. The Bertz CT molecular complexity index is 1420. The molecule has 12 heteroatoms. The second-order valence-corrected chi connectivity index (χ2v) is 8.76. The Morgan fingerprint density at radius 2 is 1.92 bits per heavy atom. The number of likely N-dealkylation sites (N-methyl/N-ethyl adjacent to an activating group) is 2. The van der Waals surface area contributed by atoms with Crippen molar-refractivity contribution in [1.82, 2.24) is 19.4 Å². The fourth-order valence-corrected chi connectivity index (χ4v) is 4.01. The number of nitro groups is 1. The minimum absolute atomic E-state index is 0.0492. The number of hydrogen-bond acceptors (Lipinski definition) is 8. The lowest BCUT2D eigenvalue weighted by atomic mass is 10.1. The first-order chi connectivity index (χ1) is 17.6. The van der Waals surface area contributed by atoms with Crippen LogP contribution in [-0.2, 0) is 7.05 Å². The molecule has 0 aliphatic heterocycles. The third kappa shape index (κ3) is 5.75. The maximum atomic E-state index is 13.3. The molecule has 0 unspecified atom stereocenters. The normalized spacial score (nSPS) is 11.4. The summed E-state index contributed by atoms with van der Waals surface area (Å²) in [6.07, 6.45) is 3.46. The molecule has 0 radical (unpaired) electrons. The molecule has 1 N–H and O–H groups in total. The number of nitro benzene ring substituents is 1. The van der Waals surface area contributed by atoms with Gasteiger partial charge in [-0.3, -0.25) is 10.1 Å². The van der Waals surface area contributed by atoms with E-state index in [0.29, 0.717) is 18.8 Å². The number of hydrogen-bond donors (Lipinski definition) is 1. The highest BCUT2D eigenvalue weighted by atomic mass is 19.3. The minimum atomic E-state index is -3.13. The molecule has 0 saturated heterocycles. The lowest BCUT2D eigenvalue weighted by Gasteiger charge is -2.23. The van der Waals surface area contributed by atoms with Crippen molar-refractivity contribution < 1.29 is 18.4 Å². The first-order valence-corrected chi connectivity index (χ1v) is 11.4. The number of nitrogens with zero attached hydrogens (tertiary/aromatic N) is 6. The molecule has 0 amide bonds. The summed E-state index contributed by atoms with van der Waals surface area (Å²) in [4.78, 5) is 23.6. The molecule has 0 aliphatic carbocycles. The van der Waals surface area contributed by atoms with Crippen molar-refractivity contribution >= 4 is 33.9 Å². The first kappa shape index (κ1) is 25.8. The van der Waals surface area contributed by atoms with E-state index in [2.05, 4.69) is 15.3 Å². The molecule has 2 heterocycles. The molecular weight excluding hydrogens is 484 g/mol. The highest BCUT2D eigenvalue weighted by Gasteiger charge is 2.24. The summed E-state index contributed by atoms with van der Waals surface area (Å²) >= 11 is 0. The summed E-state index contributed by atoms with van der Waals surface area (Å²) in [6.45, 7) is -2.09. The summed E-state index contributed by atoms with van der Waals surface area (Å²) in [7, 11) is 7.32. The van der Waals surface area contributed by atoms with Gasteiger partial charge in [-0.15, -0.1) is 0 Å². The molecular formula is C25H27F2N7O3. The van der Waals surface area contributed by atoms with Crippen LogP contribution >= 0.6 is 0 Å². The molecule has 10 nitrogen and oxygen atoms in total. The summed E-state index contributed by atoms with van der Waals surface area (Å²) in [5.41, 5.74) is 2.31. The quantitative estimate of drug-likeness (QED) is 0.237. The van der Waals surface area contributed by atoms with Crippen LogP contribution in [0, 0.1) is 10.1 Å². The molecule has 194 valence electrons. The lowest BCUT2D eigenvalue weighted by molar-refractivity contribution is -0.384. The van der Waals surface area contributed by atoms with Gasteiger partial charge in [-0.2, -0.15) is 8.78 Å². The van der Waals surface area contributed by atoms with Crippen molar-refractivity contribution in [3.63, 3.8) is 0 Å². The van der Waals surface area contributed by atoms with E-state index in [1.54, 1.807) is 18.0 Å². The van der Waals surface area contributed by atoms with Gasteiger partial charge in [0.2, 0.25) is 5.95 Å². The molecule has 0 saturated carbocycles. The van der Waals surface area contributed by atoms with Gasteiger partial charge < -0.3 is 24.4 Å². The van der Waals surface area contributed by atoms with Crippen molar-refractivity contribution in [2.75, 3.05) is 44.4 Å². The number of alkyl halides is 2. The number of fused-ring (bicyclic) bond motifs is 1. The Morgan fingerprint density at radius 1 is 1.16 bits per heavy atom. The molecule has 2 aromatic carbocycles. The van der Waals surface area contributed by atoms with Gasteiger partial charge in [0, 0.05) is 68.2 Å². The Hall–Kier alpha value is -4.32. The van der Waals surface area contributed by atoms with Crippen molar-refractivity contribution in [1.29, 1.82) is 0 Å². The van der Waals surface area contributed by atoms with Gasteiger partial charge >= 0.3 is 6.61 Å². The van der Waals surface area contributed by atoms with E-state index in [0.717, 1.165) is 22.5 Å². The Labute approximate surface area is 212 Å². The Balaban J connectivity index is 1.73. The van der Waals surface area contributed by atoms with Crippen molar-refractivity contribution in [3.05, 3.63) is 65.0 Å². The fraction of sp³-hybridized carbons (Fsp3) is 0.280. The lowest BCUT2D eigenvalue weighted by Crippen LogP contribution is -2.29. The van der Waals surface area contributed by atoms with Crippen LogP contribution in [0.5, 0.6) is 5.75 Å². The number of ether oxygens (including phenoxy) is 1. The van der Waals surface area contributed by atoms with Crippen LogP contribution in [0.1, 0.15) is 0 Å². The van der Waals surface area contributed by atoms with Crippen LogP contribution in [0.4, 0.5) is 31.8 Å². The number of benzene rings is 2. The zero-order valence-electron chi connectivity index (χ0n) is 20.9. The molecule has 0 aliphatic rings. The summed E-state index contributed by atoms with van der Waals surface area (Å²) in [5.74, 6) is -0.181. The third-order valence-electron chi connectivity index (χ3n) is 5.86. The van der Waals surface area contributed by atoms with Gasteiger partial charge in [0.05, 0.1) is 16.3 Å². The van der Waals surface area contributed by atoms with E-state index >= 15 is 0 Å². The first-order valence-electron chi connectivity index (χ1n) is 11.4. The van der Waals surface area contributed by atoms with Crippen LogP contribution in [0.15, 0.2) is 54.9 Å². The zero-order chi connectivity index (χ0) is 26.7. The number of aryl methyl sites for hydroxylation is 1. The number of rotatable bonds is 10. The SMILES string of the molecule is CN(C)CCN(C)c1cc(OC(F)F)c(Nc2nccc(-c3cn(C)c4ccccc34)n2)cc1[N+](=O)[O-]. The van der Waals surface area contributed by atoms with Gasteiger partial charge in [0.1, 0.15) is 5.69 Å². The summed E-state index contributed by atoms with van der Waals surface area (Å²) in [5, 5.41) is 15.7. The number of nitrogens with one attached hydrogen (secondary N) is 1. The third-order valence-corrected chi connectivity index (χ3v) is 5.86. The fourth-order valence-electron chi connectivity index (χ4n) is 4.01. The zero-order valence-corrected chi connectivity index (χ0v) is 20.9. The smallest absolute Gasteiger partial charge is 0.387 e. The number of halogens is 2. The molecule has 0 spiro atoms. The summed E-state index contributed by atoms with van der Waals surface area (Å²) in [6, 6.07) is 12.0. The average Bonchev–Trinajstić information content (AvgIpc) is 3.19. The molecule has 2 aromatic heterocycles. The largest absolute Gasteiger partial charge is 0.433 e. The Kier molecular flexibility index (Phi) is 7.48. The molecule has 4 rings (SSSR count). The topological polar surface area (TPSA) is 102 Å². The second-order valence-electron chi connectivity index (χ2n) is 8.76. The second kappa shape index (κ2) is 10.7. The summed E-state index contributed by atoms with van der Waals surface area (Å²) < 4.78 is 33.3. The maximum Gasteiger partial charge on any atom is 0.387 e. The van der Waals surface area contributed by atoms with E-state index in [1.165, 1.54) is 12.3 Å². The van der Waals surface area contributed by atoms with Crippen LogP contribution in [-0.4, -0.2) is 65.2 Å².